The van der Waals surface area contributed by atoms with Crippen LogP contribution in [0.2, 0.25) is 0 Å². The first-order valence-electron chi connectivity index (χ1n) is 10.4. The number of nitrogens with one attached hydrogen (secondary N) is 1. The Morgan fingerprint density at radius 2 is 1.78 bits per heavy atom. The van der Waals surface area contributed by atoms with Crippen LogP contribution in [-0.2, 0) is 6.54 Å². The highest BCUT2D eigenvalue weighted by Crippen LogP contribution is 2.36. The van der Waals surface area contributed by atoms with Gasteiger partial charge in [-0.3, -0.25) is 4.90 Å². The maximum atomic E-state index is 9.72. The van der Waals surface area contributed by atoms with E-state index in [1.54, 1.807) is 35.9 Å². The van der Waals surface area contributed by atoms with Crippen molar-refractivity contribution in [1.82, 2.24) is 19.8 Å². The van der Waals surface area contributed by atoms with E-state index in [0.717, 1.165) is 54.4 Å². The fourth-order valence-corrected chi connectivity index (χ4v) is 4.91. The van der Waals surface area contributed by atoms with Gasteiger partial charge < -0.3 is 15.3 Å². The SMILES string of the molecule is CN1CCN(Cc2ccc(-c3cc4ncnc(Nc5cccc(O)c5)c4s3)cc2)CC1.Cl. The summed E-state index contributed by atoms with van der Waals surface area (Å²) in [4.78, 5) is 14.9. The number of aromatic hydroxyl groups is 1. The molecule has 0 unspecified atom stereocenters. The molecule has 6 nitrogen and oxygen atoms in total. The molecule has 5 rings (SSSR count). The Morgan fingerprint density at radius 1 is 1.00 bits per heavy atom. The summed E-state index contributed by atoms with van der Waals surface area (Å²) in [6, 6.07) is 18.0. The summed E-state index contributed by atoms with van der Waals surface area (Å²) in [5.74, 6) is 0.970. The Bertz CT molecular complexity index is 1190. The molecule has 1 aliphatic heterocycles. The quantitative estimate of drug-likeness (QED) is 0.431. The highest BCUT2D eigenvalue weighted by molar-refractivity contribution is 7.22. The van der Waals surface area contributed by atoms with Crippen LogP contribution in [0.15, 0.2) is 60.9 Å². The number of anilines is 2. The lowest BCUT2D eigenvalue weighted by Crippen LogP contribution is -2.43. The molecule has 0 radical (unpaired) electrons. The normalized spacial score (nSPS) is 14.9. The van der Waals surface area contributed by atoms with Crippen LogP contribution in [0.1, 0.15) is 5.56 Å². The van der Waals surface area contributed by atoms with E-state index in [-0.39, 0.29) is 18.2 Å². The van der Waals surface area contributed by atoms with Gasteiger partial charge in [0.15, 0.2) is 5.82 Å². The minimum Gasteiger partial charge on any atom is -0.508 e. The third-order valence-corrected chi connectivity index (χ3v) is 6.84. The van der Waals surface area contributed by atoms with Crippen molar-refractivity contribution in [3.05, 3.63) is 66.5 Å². The Hall–Kier alpha value is -2.71. The van der Waals surface area contributed by atoms with Gasteiger partial charge in [0.05, 0.1) is 10.2 Å². The Morgan fingerprint density at radius 3 is 2.53 bits per heavy atom. The zero-order valence-corrected chi connectivity index (χ0v) is 19.5. The summed E-state index contributed by atoms with van der Waals surface area (Å²) >= 11 is 1.68. The van der Waals surface area contributed by atoms with Crippen molar-refractivity contribution in [3.63, 3.8) is 0 Å². The molecule has 4 aromatic rings. The van der Waals surface area contributed by atoms with E-state index < -0.39 is 0 Å². The Kier molecular flexibility index (Phi) is 6.91. The van der Waals surface area contributed by atoms with Gasteiger partial charge in [-0.1, -0.05) is 30.3 Å². The molecule has 1 aliphatic rings. The number of piperazine rings is 1. The molecule has 1 fully saturated rings. The monoisotopic (exact) mass is 467 g/mol. The summed E-state index contributed by atoms with van der Waals surface area (Å²) in [6.07, 6.45) is 1.57. The van der Waals surface area contributed by atoms with E-state index in [0.29, 0.717) is 0 Å². The standard InChI is InChI=1S/C24H25N5OS.ClH/c1-28-9-11-29(12-10-28)15-17-5-7-18(8-6-17)22-14-21-23(31-22)24(26-16-25-21)27-19-3-2-4-20(30)13-19;/h2-8,13-14,16,30H,9-12,15H2,1H3,(H,25,26,27);1H. The molecular weight excluding hydrogens is 442 g/mol. The minimum absolute atomic E-state index is 0. The summed E-state index contributed by atoms with van der Waals surface area (Å²) in [5, 5.41) is 13.0. The molecule has 3 heterocycles. The van der Waals surface area contributed by atoms with Crippen molar-refractivity contribution in [2.75, 3.05) is 38.5 Å². The number of likely N-dealkylation sites (N-methyl/N-ethyl adjacent to an activating group) is 1. The number of nitrogens with zero attached hydrogens (tertiary/aromatic N) is 4. The summed E-state index contributed by atoms with van der Waals surface area (Å²) in [6.45, 7) is 5.54. The van der Waals surface area contributed by atoms with Crippen LogP contribution in [0.5, 0.6) is 5.75 Å². The number of halogens is 1. The topological polar surface area (TPSA) is 64.5 Å². The van der Waals surface area contributed by atoms with Crippen molar-refractivity contribution < 1.29 is 5.11 Å². The number of hydrogen-bond donors (Lipinski definition) is 2. The van der Waals surface area contributed by atoms with Gasteiger partial charge in [0.1, 0.15) is 12.1 Å². The predicted octanol–water partition coefficient (Wildman–Crippen LogP) is 4.98. The first-order chi connectivity index (χ1) is 15.1. The second-order valence-electron chi connectivity index (χ2n) is 8.00. The maximum Gasteiger partial charge on any atom is 0.151 e. The van der Waals surface area contributed by atoms with Crippen molar-refractivity contribution in [2.24, 2.45) is 0 Å². The van der Waals surface area contributed by atoms with Gasteiger partial charge in [0.2, 0.25) is 0 Å². The molecule has 0 saturated carbocycles. The molecule has 2 aromatic heterocycles. The van der Waals surface area contributed by atoms with Crippen LogP contribution in [0.3, 0.4) is 0 Å². The third kappa shape index (κ3) is 5.02. The van der Waals surface area contributed by atoms with Crippen LogP contribution in [0.4, 0.5) is 11.5 Å². The van der Waals surface area contributed by atoms with Crippen LogP contribution >= 0.6 is 23.7 Å². The summed E-state index contributed by atoms with van der Waals surface area (Å²) in [7, 11) is 2.19. The molecule has 0 bridgehead atoms. The van der Waals surface area contributed by atoms with Gasteiger partial charge in [0.25, 0.3) is 0 Å². The number of phenols is 1. The third-order valence-electron chi connectivity index (χ3n) is 5.66. The lowest BCUT2D eigenvalue weighted by atomic mass is 10.1. The number of aromatic nitrogens is 2. The van der Waals surface area contributed by atoms with Crippen molar-refractivity contribution in [3.8, 4) is 16.2 Å². The Balaban J connectivity index is 0.00000245. The second kappa shape index (κ2) is 9.83. The molecule has 1 saturated heterocycles. The zero-order chi connectivity index (χ0) is 21.2. The average molecular weight is 468 g/mol. The molecule has 0 aliphatic carbocycles. The number of fused-ring (bicyclic) bond motifs is 1. The fourth-order valence-electron chi connectivity index (χ4n) is 3.84. The van der Waals surface area contributed by atoms with Gasteiger partial charge in [-0.2, -0.15) is 0 Å². The number of thiophene rings is 1. The van der Waals surface area contributed by atoms with E-state index in [1.165, 1.54) is 16.0 Å². The molecule has 2 aromatic carbocycles. The maximum absolute atomic E-state index is 9.72. The molecule has 0 amide bonds. The van der Waals surface area contributed by atoms with Crippen LogP contribution in [-0.4, -0.2) is 58.1 Å². The smallest absolute Gasteiger partial charge is 0.151 e. The van der Waals surface area contributed by atoms with E-state index in [4.69, 9.17) is 0 Å². The van der Waals surface area contributed by atoms with Crippen LogP contribution in [0, 0.1) is 0 Å². The summed E-state index contributed by atoms with van der Waals surface area (Å²) < 4.78 is 1.00. The molecule has 8 heteroatoms. The molecule has 166 valence electrons. The summed E-state index contributed by atoms with van der Waals surface area (Å²) in [5.41, 5.74) is 4.25. The number of phenolic OH excluding ortho intramolecular Hbond substituents is 1. The van der Waals surface area contributed by atoms with E-state index in [2.05, 4.69) is 62.5 Å². The molecule has 0 spiro atoms. The second-order valence-corrected chi connectivity index (χ2v) is 9.05. The molecule has 2 N–H and O–H groups in total. The van der Waals surface area contributed by atoms with Crippen molar-refractivity contribution >= 4 is 45.5 Å². The van der Waals surface area contributed by atoms with Gasteiger partial charge in [0, 0.05) is 49.4 Å². The minimum atomic E-state index is 0. The molecule has 0 atom stereocenters. The lowest BCUT2D eigenvalue weighted by Gasteiger charge is -2.32. The highest BCUT2D eigenvalue weighted by atomic mass is 35.5. The van der Waals surface area contributed by atoms with E-state index >= 15 is 0 Å². The molecule has 32 heavy (non-hydrogen) atoms. The van der Waals surface area contributed by atoms with Gasteiger partial charge in [-0.25, -0.2) is 9.97 Å². The first-order valence-corrected chi connectivity index (χ1v) is 11.3. The highest BCUT2D eigenvalue weighted by Gasteiger charge is 2.14. The largest absolute Gasteiger partial charge is 0.508 e. The van der Waals surface area contributed by atoms with Gasteiger partial charge in [-0.05, 0) is 36.4 Å². The number of benzene rings is 2. The van der Waals surface area contributed by atoms with Gasteiger partial charge >= 0.3 is 0 Å². The number of rotatable bonds is 5. The zero-order valence-electron chi connectivity index (χ0n) is 17.9. The van der Waals surface area contributed by atoms with E-state index in [9.17, 15) is 5.11 Å². The molecular formula is C24H26ClN5OS. The first kappa shape index (κ1) is 22.5. The van der Waals surface area contributed by atoms with Crippen molar-refractivity contribution in [1.29, 1.82) is 0 Å². The van der Waals surface area contributed by atoms with Gasteiger partial charge in [-0.15, -0.1) is 23.7 Å². The van der Waals surface area contributed by atoms with Crippen LogP contribution in [0.25, 0.3) is 20.7 Å². The fraction of sp³-hybridized carbons (Fsp3) is 0.250. The lowest BCUT2D eigenvalue weighted by molar-refractivity contribution is 0.148. The van der Waals surface area contributed by atoms with E-state index in [1.807, 2.05) is 6.07 Å². The van der Waals surface area contributed by atoms with Crippen molar-refractivity contribution in [2.45, 2.75) is 6.54 Å². The van der Waals surface area contributed by atoms with Crippen LogP contribution < -0.4 is 5.32 Å². The number of hydrogen-bond acceptors (Lipinski definition) is 7. The predicted molar refractivity (Wildman–Crippen MR) is 134 cm³/mol. The Labute approximate surface area is 198 Å². The average Bonchev–Trinajstić information content (AvgIpc) is 3.21.